The number of halogens is 1. The van der Waals surface area contributed by atoms with Crippen molar-refractivity contribution in [1.29, 1.82) is 0 Å². The van der Waals surface area contributed by atoms with E-state index in [1.54, 1.807) is 6.07 Å². The van der Waals surface area contributed by atoms with Crippen molar-refractivity contribution >= 4 is 30.5 Å². The fourth-order valence-electron chi connectivity index (χ4n) is 2.04. The lowest BCUT2D eigenvalue weighted by Crippen LogP contribution is -2.41. The number of rotatable bonds is 2. The monoisotopic (exact) mass is 280 g/mol. The molecular weight excluding hydrogens is 262 g/mol. The molecule has 0 N–H and O–H groups in total. The molecule has 0 saturated carbocycles. The summed E-state index contributed by atoms with van der Waals surface area (Å²) in [6.45, 7) is 9.89. The predicted molar refractivity (Wildman–Crippen MR) is 77.3 cm³/mol. The fourth-order valence-corrected chi connectivity index (χ4v) is 2.25. The van der Waals surface area contributed by atoms with Gasteiger partial charge in [0.15, 0.2) is 6.29 Å². The average Bonchev–Trinajstić information content (AvgIpc) is 2.51. The van der Waals surface area contributed by atoms with Gasteiger partial charge < -0.3 is 9.31 Å². The lowest BCUT2D eigenvalue weighted by molar-refractivity contribution is 0.00578. The number of hydrogen-bond donors (Lipinski definition) is 0. The Hall–Kier alpha value is -0.835. The molecule has 0 atom stereocenters. The van der Waals surface area contributed by atoms with E-state index in [2.05, 4.69) is 0 Å². The Balaban J connectivity index is 2.41. The average molecular weight is 281 g/mol. The van der Waals surface area contributed by atoms with Crippen LogP contribution in [0.15, 0.2) is 12.1 Å². The molecule has 19 heavy (non-hydrogen) atoms. The molecule has 0 amide bonds. The minimum absolute atomic E-state index is 0.389. The third-order valence-corrected chi connectivity index (χ3v) is 4.59. The summed E-state index contributed by atoms with van der Waals surface area (Å²) < 4.78 is 12.0. The van der Waals surface area contributed by atoms with Gasteiger partial charge in [-0.25, -0.2) is 0 Å². The molecule has 0 unspecified atom stereocenters. The molecule has 0 aromatic heterocycles. The number of hydrogen-bond acceptors (Lipinski definition) is 3. The van der Waals surface area contributed by atoms with Crippen LogP contribution < -0.4 is 5.46 Å². The van der Waals surface area contributed by atoms with E-state index in [1.807, 2.05) is 40.7 Å². The molecular formula is C14H18BClO3. The zero-order valence-electron chi connectivity index (χ0n) is 11.9. The van der Waals surface area contributed by atoms with Crippen LogP contribution in [0.4, 0.5) is 0 Å². The smallest absolute Gasteiger partial charge is 0.399 e. The van der Waals surface area contributed by atoms with Gasteiger partial charge in [0, 0.05) is 5.56 Å². The Bertz CT molecular complexity index is 510. The Labute approximate surface area is 119 Å². The molecule has 1 heterocycles. The molecule has 1 fully saturated rings. The van der Waals surface area contributed by atoms with Gasteiger partial charge in [0.05, 0.1) is 16.2 Å². The topological polar surface area (TPSA) is 35.5 Å². The quantitative estimate of drug-likeness (QED) is 0.617. The maximum Gasteiger partial charge on any atom is 0.495 e. The normalized spacial score (nSPS) is 20.6. The lowest BCUT2D eigenvalue weighted by atomic mass is 9.76. The molecule has 1 aliphatic rings. The van der Waals surface area contributed by atoms with Gasteiger partial charge in [0.2, 0.25) is 0 Å². The van der Waals surface area contributed by atoms with E-state index in [9.17, 15) is 4.79 Å². The Kier molecular flexibility index (Phi) is 3.54. The molecule has 0 bridgehead atoms. The largest absolute Gasteiger partial charge is 0.495 e. The van der Waals surface area contributed by atoms with Crippen LogP contribution in [0.1, 0.15) is 43.6 Å². The van der Waals surface area contributed by atoms with Gasteiger partial charge in [-0.3, -0.25) is 4.79 Å². The van der Waals surface area contributed by atoms with Gasteiger partial charge in [-0.1, -0.05) is 23.7 Å². The third kappa shape index (κ3) is 2.33. The van der Waals surface area contributed by atoms with Crippen LogP contribution in [0.3, 0.4) is 0 Å². The van der Waals surface area contributed by atoms with E-state index in [1.165, 1.54) is 0 Å². The van der Waals surface area contributed by atoms with Crippen LogP contribution in [0.5, 0.6) is 0 Å². The highest BCUT2D eigenvalue weighted by atomic mass is 35.5. The van der Waals surface area contributed by atoms with Gasteiger partial charge in [-0.15, -0.1) is 0 Å². The van der Waals surface area contributed by atoms with E-state index in [0.717, 1.165) is 17.3 Å². The zero-order valence-corrected chi connectivity index (χ0v) is 12.7. The molecule has 0 radical (unpaired) electrons. The van der Waals surface area contributed by atoms with Gasteiger partial charge in [0.1, 0.15) is 0 Å². The Morgan fingerprint density at radius 3 is 2.16 bits per heavy atom. The van der Waals surface area contributed by atoms with Crippen molar-refractivity contribution in [3.63, 3.8) is 0 Å². The minimum atomic E-state index is -0.455. The molecule has 0 aliphatic carbocycles. The van der Waals surface area contributed by atoms with Crippen LogP contribution in [-0.4, -0.2) is 24.6 Å². The zero-order chi connectivity index (χ0) is 14.4. The van der Waals surface area contributed by atoms with Crippen molar-refractivity contribution in [3.8, 4) is 0 Å². The number of carbonyl (C=O) groups is 1. The second-order valence-electron chi connectivity index (χ2n) is 5.89. The van der Waals surface area contributed by atoms with Gasteiger partial charge in [0.25, 0.3) is 0 Å². The van der Waals surface area contributed by atoms with E-state index >= 15 is 0 Å². The van der Waals surface area contributed by atoms with E-state index in [4.69, 9.17) is 20.9 Å². The van der Waals surface area contributed by atoms with Crippen molar-refractivity contribution < 1.29 is 14.1 Å². The van der Waals surface area contributed by atoms with E-state index in [-0.39, 0.29) is 11.2 Å². The number of benzene rings is 1. The summed E-state index contributed by atoms with van der Waals surface area (Å²) >= 11 is 6.18. The van der Waals surface area contributed by atoms with Crippen LogP contribution in [0.25, 0.3) is 0 Å². The Morgan fingerprint density at radius 2 is 1.68 bits per heavy atom. The summed E-state index contributed by atoms with van der Waals surface area (Å²) in [5, 5.41) is 0.460. The van der Waals surface area contributed by atoms with Gasteiger partial charge in [-0.05, 0) is 45.6 Å². The standard InChI is InChI=1S/C14H18BClO3/c1-9-11(7-6-10(8-17)12(9)16)15-18-13(2,3)14(4,5)19-15/h6-8H,1-5H3. The lowest BCUT2D eigenvalue weighted by Gasteiger charge is -2.32. The molecule has 102 valence electrons. The first-order chi connectivity index (χ1) is 8.69. The molecule has 3 nitrogen and oxygen atoms in total. The van der Waals surface area contributed by atoms with E-state index in [0.29, 0.717) is 10.6 Å². The molecule has 1 aromatic rings. The van der Waals surface area contributed by atoms with Crippen molar-refractivity contribution in [3.05, 3.63) is 28.3 Å². The summed E-state index contributed by atoms with van der Waals surface area (Å²) in [5.41, 5.74) is 1.40. The molecule has 5 heteroatoms. The Morgan fingerprint density at radius 1 is 1.16 bits per heavy atom. The second-order valence-corrected chi connectivity index (χ2v) is 6.27. The third-order valence-electron chi connectivity index (χ3n) is 4.09. The van der Waals surface area contributed by atoms with Crippen molar-refractivity contribution in [2.45, 2.75) is 45.8 Å². The SMILES string of the molecule is Cc1c(B2OC(C)(C)C(C)(C)O2)ccc(C=O)c1Cl. The van der Waals surface area contributed by atoms with Crippen molar-refractivity contribution in [1.82, 2.24) is 0 Å². The van der Waals surface area contributed by atoms with Crippen LogP contribution >= 0.6 is 11.6 Å². The van der Waals surface area contributed by atoms with Crippen molar-refractivity contribution in [2.24, 2.45) is 0 Å². The first-order valence-corrected chi connectivity index (χ1v) is 6.67. The maximum atomic E-state index is 10.9. The minimum Gasteiger partial charge on any atom is -0.399 e. The summed E-state index contributed by atoms with van der Waals surface area (Å²) in [4.78, 5) is 10.9. The predicted octanol–water partition coefficient (Wildman–Crippen LogP) is 2.76. The molecule has 1 aromatic carbocycles. The molecule has 1 saturated heterocycles. The molecule has 1 aliphatic heterocycles. The molecule has 2 rings (SSSR count). The number of carbonyl (C=O) groups excluding carboxylic acids is 1. The summed E-state index contributed by atoms with van der Waals surface area (Å²) in [6, 6.07) is 3.54. The van der Waals surface area contributed by atoms with E-state index < -0.39 is 7.12 Å². The maximum absolute atomic E-state index is 10.9. The molecule has 0 spiro atoms. The van der Waals surface area contributed by atoms with Crippen LogP contribution in [0.2, 0.25) is 5.02 Å². The highest BCUT2D eigenvalue weighted by molar-refractivity contribution is 6.63. The number of aldehydes is 1. The first kappa shape index (κ1) is 14.6. The van der Waals surface area contributed by atoms with Gasteiger partial charge >= 0.3 is 7.12 Å². The van der Waals surface area contributed by atoms with Crippen molar-refractivity contribution in [2.75, 3.05) is 0 Å². The van der Waals surface area contributed by atoms with Crippen LogP contribution in [0, 0.1) is 6.92 Å². The summed E-state index contributed by atoms with van der Waals surface area (Å²) in [6.07, 6.45) is 0.753. The summed E-state index contributed by atoms with van der Waals surface area (Å²) in [7, 11) is -0.455. The van der Waals surface area contributed by atoms with Crippen LogP contribution in [-0.2, 0) is 9.31 Å². The van der Waals surface area contributed by atoms with Gasteiger partial charge in [-0.2, -0.15) is 0 Å². The first-order valence-electron chi connectivity index (χ1n) is 6.29. The summed E-state index contributed by atoms with van der Waals surface area (Å²) in [5.74, 6) is 0. The second kappa shape index (κ2) is 4.62. The highest BCUT2D eigenvalue weighted by Crippen LogP contribution is 2.37. The fraction of sp³-hybridized carbons (Fsp3) is 0.500. The highest BCUT2D eigenvalue weighted by Gasteiger charge is 2.52.